The van der Waals surface area contributed by atoms with Crippen molar-refractivity contribution in [2.24, 2.45) is 5.73 Å². The Hall–Kier alpha value is -2.64. The summed E-state index contributed by atoms with van der Waals surface area (Å²) in [5.74, 6) is -2.49. The zero-order valence-electron chi connectivity index (χ0n) is 13.1. The Labute approximate surface area is 133 Å². The van der Waals surface area contributed by atoms with E-state index < -0.39 is 29.9 Å². The van der Waals surface area contributed by atoms with Gasteiger partial charge in [-0.1, -0.05) is 13.0 Å². The predicted molar refractivity (Wildman–Crippen MR) is 82.8 cm³/mol. The summed E-state index contributed by atoms with van der Waals surface area (Å²) in [6, 6.07) is 2.57. The Kier molecular flexibility index (Phi) is 6.49. The number of carboxylic acids is 1. The van der Waals surface area contributed by atoms with Crippen molar-refractivity contribution in [3.8, 4) is 0 Å². The lowest BCUT2D eigenvalue weighted by Crippen LogP contribution is -2.46. The van der Waals surface area contributed by atoms with E-state index in [2.05, 4.69) is 5.32 Å². The smallest absolute Gasteiger partial charge is 0.326 e. The van der Waals surface area contributed by atoms with Crippen LogP contribution in [0.5, 0.6) is 0 Å². The zero-order chi connectivity index (χ0) is 17.6. The minimum atomic E-state index is -1.26. The first-order chi connectivity index (χ1) is 10.8. The normalized spacial score (nSPS) is 13.1. The van der Waals surface area contributed by atoms with Gasteiger partial charge in [0.25, 0.3) is 5.56 Å². The van der Waals surface area contributed by atoms with E-state index in [0.717, 1.165) is 0 Å². The molecule has 2 unspecified atom stereocenters. The first-order valence-corrected chi connectivity index (χ1v) is 7.27. The molecule has 0 spiro atoms. The predicted octanol–water partition coefficient (Wildman–Crippen LogP) is -0.0573. The highest BCUT2D eigenvalue weighted by atomic mass is 16.4. The van der Waals surface area contributed by atoms with Crippen LogP contribution < -0.4 is 16.6 Å². The maximum absolute atomic E-state index is 12.4. The molecule has 1 heterocycles. The molecule has 0 bridgehead atoms. The highest BCUT2D eigenvalue weighted by Crippen LogP contribution is 2.12. The van der Waals surface area contributed by atoms with E-state index >= 15 is 0 Å². The zero-order valence-corrected chi connectivity index (χ0v) is 13.1. The van der Waals surface area contributed by atoms with Gasteiger partial charge in [-0.2, -0.15) is 0 Å². The molecule has 1 aromatic rings. The average molecular weight is 323 g/mol. The van der Waals surface area contributed by atoms with E-state index in [9.17, 15) is 19.2 Å². The van der Waals surface area contributed by atoms with Gasteiger partial charge < -0.3 is 20.7 Å². The van der Waals surface area contributed by atoms with Crippen LogP contribution in [0, 0.1) is 6.92 Å². The summed E-state index contributed by atoms with van der Waals surface area (Å²) in [7, 11) is 0. The quantitative estimate of drug-likeness (QED) is 0.617. The number of amides is 2. The van der Waals surface area contributed by atoms with Gasteiger partial charge in [0.2, 0.25) is 11.8 Å². The Morgan fingerprint density at radius 2 is 2.00 bits per heavy atom. The highest BCUT2D eigenvalue weighted by Gasteiger charge is 2.26. The second-order valence-corrected chi connectivity index (χ2v) is 5.20. The van der Waals surface area contributed by atoms with Gasteiger partial charge in [0.1, 0.15) is 12.1 Å². The molecule has 0 fully saturated rings. The molecule has 2 atom stereocenters. The fourth-order valence-electron chi connectivity index (χ4n) is 2.30. The summed E-state index contributed by atoms with van der Waals surface area (Å²) in [5, 5.41) is 11.5. The standard InChI is InChI=1S/C15H21N3O5/c1-3-11(18-9(2)5-4-6-13(18)20)14(21)17-10(15(22)23)7-8-12(16)19/h4-6,10-11H,3,7-8H2,1-2H3,(H2,16,19)(H,17,21)(H,22,23). The summed E-state index contributed by atoms with van der Waals surface area (Å²) in [5.41, 5.74) is 5.26. The molecule has 0 aliphatic carbocycles. The van der Waals surface area contributed by atoms with Crippen LogP contribution in [-0.2, 0) is 14.4 Å². The summed E-state index contributed by atoms with van der Waals surface area (Å²) >= 11 is 0. The molecule has 126 valence electrons. The molecule has 1 rings (SSSR count). The number of nitrogens with zero attached hydrogens (tertiary/aromatic N) is 1. The molecule has 0 saturated carbocycles. The van der Waals surface area contributed by atoms with E-state index in [-0.39, 0.29) is 18.4 Å². The number of aromatic nitrogens is 1. The number of nitrogens with two attached hydrogens (primary N) is 1. The maximum atomic E-state index is 12.4. The van der Waals surface area contributed by atoms with Crippen molar-refractivity contribution in [3.05, 3.63) is 34.2 Å². The lowest BCUT2D eigenvalue weighted by Gasteiger charge is -2.22. The average Bonchev–Trinajstić information content (AvgIpc) is 2.46. The SMILES string of the molecule is CCC(C(=O)NC(CCC(N)=O)C(=O)O)n1c(C)cccc1=O. The van der Waals surface area contributed by atoms with E-state index in [1.807, 2.05) is 0 Å². The van der Waals surface area contributed by atoms with Gasteiger partial charge >= 0.3 is 5.97 Å². The van der Waals surface area contributed by atoms with Crippen LogP contribution in [-0.4, -0.2) is 33.5 Å². The Morgan fingerprint density at radius 3 is 2.48 bits per heavy atom. The van der Waals surface area contributed by atoms with E-state index in [1.54, 1.807) is 26.0 Å². The minimum absolute atomic E-state index is 0.102. The van der Waals surface area contributed by atoms with Crippen LogP contribution in [0.15, 0.2) is 23.0 Å². The van der Waals surface area contributed by atoms with Crippen molar-refractivity contribution in [2.75, 3.05) is 0 Å². The third-order valence-electron chi connectivity index (χ3n) is 3.49. The third kappa shape index (κ3) is 4.94. The molecule has 23 heavy (non-hydrogen) atoms. The van der Waals surface area contributed by atoms with Gasteiger partial charge in [0, 0.05) is 18.2 Å². The van der Waals surface area contributed by atoms with Crippen molar-refractivity contribution in [1.82, 2.24) is 9.88 Å². The number of aryl methyl sites for hydroxylation is 1. The molecule has 2 amide bonds. The topological polar surface area (TPSA) is 131 Å². The number of rotatable bonds is 8. The minimum Gasteiger partial charge on any atom is -0.480 e. The van der Waals surface area contributed by atoms with Gasteiger partial charge in [0.15, 0.2) is 0 Å². The number of carbonyl (C=O) groups is 3. The van der Waals surface area contributed by atoms with Crippen molar-refractivity contribution >= 4 is 17.8 Å². The van der Waals surface area contributed by atoms with Crippen LogP contribution in [0.2, 0.25) is 0 Å². The fraction of sp³-hybridized carbons (Fsp3) is 0.467. The van der Waals surface area contributed by atoms with Gasteiger partial charge in [0.05, 0.1) is 0 Å². The highest BCUT2D eigenvalue weighted by molar-refractivity contribution is 5.86. The van der Waals surface area contributed by atoms with E-state index in [4.69, 9.17) is 10.8 Å². The third-order valence-corrected chi connectivity index (χ3v) is 3.49. The van der Waals surface area contributed by atoms with Crippen LogP contribution in [0.25, 0.3) is 0 Å². The van der Waals surface area contributed by atoms with E-state index in [0.29, 0.717) is 12.1 Å². The molecule has 0 aliphatic rings. The van der Waals surface area contributed by atoms with Gasteiger partial charge in [-0.25, -0.2) is 4.79 Å². The van der Waals surface area contributed by atoms with Crippen molar-refractivity contribution in [3.63, 3.8) is 0 Å². The lowest BCUT2D eigenvalue weighted by atomic mass is 10.1. The Morgan fingerprint density at radius 1 is 1.35 bits per heavy atom. The summed E-state index contributed by atoms with van der Waals surface area (Å²) in [6.07, 6.45) is 0.0621. The maximum Gasteiger partial charge on any atom is 0.326 e. The molecule has 0 aromatic carbocycles. The molecule has 4 N–H and O–H groups in total. The molecule has 8 nitrogen and oxygen atoms in total. The van der Waals surface area contributed by atoms with Crippen LogP contribution >= 0.6 is 0 Å². The number of carbonyl (C=O) groups excluding carboxylic acids is 2. The Bertz CT molecular complexity index is 653. The first-order valence-electron chi connectivity index (χ1n) is 7.27. The number of carboxylic acid groups (broad SMARTS) is 1. The number of aliphatic carboxylic acids is 1. The van der Waals surface area contributed by atoms with Crippen molar-refractivity contribution < 1.29 is 19.5 Å². The van der Waals surface area contributed by atoms with Crippen molar-refractivity contribution in [1.29, 1.82) is 0 Å². The van der Waals surface area contributed by atoms with Crippen LogP contribution in [0.3, 0.4) is 0 Å². The molecule has 1 aromatic heterocycles. The molecule has 0 saturated heterocycles. The number of hydrogen-bond donors (Lipinski definition) is 3. The molecular weight excluding hydrogens is 302 g/mol. The van der Waals surface area contributed by atoms with Crippen LogP contribution in [0.1, 0.15) is 37.9 Å². The van der Waals surface area contributed by atoms with Crippen molar-refractivity contribution in [2.45, 2.75) is 45.2 Å². The fourth-order valence-corrected chi connectivity index (χ4v) is 2.30. The lowest BCUT2D eigenvalue weighted by molar-refractivity contribution is -0.142. The number of primary amides is 1. The number of nitrogens with one attached hydrogen (secondary N) is 1. The summed E-state index contributed by atoms with van der Waals surface area (Å²) in [6.45, 7) is 3.42. The molecule has 0 radical (unpaired) electrons. The van der Waals surface area contributed by atoms with E-state index in [1.165, 1.54) is 10.6 Å². The Balaban J connectivity index is 2.97. The monoisotopic (exact) mass is 323 g/mol. The first kappa shape index (κ1) is 18.4. The number of pyridine rings is 1. The number of hydrogen-bond acceptors (Lipinski definition) is 4. The molecular formula is C15H21N3O5. The van der Waals surface area contributed by atoms with Gasteiger partial charge in [-0.3, -0.25) is 14.4 Å². The second kappa shape index (κ2) is 8.11. The van der Waals surface area contributed by atoms with Gasteiger partial charge in [-0.15, -0.1) is 0 Å². The van der Waals surface area contributed by atoms with Gasteiger partial charge in [-0.05, 0) is 25.8 Å². The summed E-state index contributed by atoms with van der Waals surface area (Å²) in [4.78, 5) is 46.4. The molecule has 8 heteroatoms. The largest absolute Gasteiger partial charge is 0.480 e. The van der Waals surface area contributed by atoms with Crippen LogP contribution in [0.4, 0.5) is 0 Å². The molecule has 0 aliphatic heterocycles. The summed E-state index contributed by atoms with van der Waals surface area (Å²) < 4.78 is 1.32. The second-order valence-electron chi connectivity index (χ2n) is 5.20.